The van der Waals surface area contributed by atoms with Crippen LogP contribution in [0.25, 0.3) is 88.6 Å². The Morgan fingerprint density at radius 2 is 0.488 bits per heavy atom. The fourth-order valence-electron chi connectivity index (χ4n) is 14.6. The SMILES string of the molecule is O=C(CCOCC(COCCC(=O)NC(Cc1c(-c2cccc(C(=O)O)c2)[nH]c2ccccc12)C(=O)O)(COCCC(=O)NC(Cc1c(-c2cccc(C(=O)O)c2)[nH]c2ccccc12)C(=O)O)COCCC(=O)NC(Cc1c(-c2cccc(C(=O)O)c2)[nH]c2ccccc12)C(=O)O)NC(Cc1c(-c2cccc(C(=O)O)c2)[nH]c2ccccc12)C(=O)O. The highest BCUT2D eigenvalue weighted by Crippen LogP contribution is 2.37. The number of carboxylic acids is 8. The van der Waals surface area contributed by atoms with E-state index < -0.39 is 180 Å². The lowest BCUT2D eigenvalue weighted by molar-refractivity contribution is -0.142. The smallest absolute Gasteiger partial charge is 0.335 e. The summed E-state index contributed by atoms with van der Waals surface area (Å²) in [6, 6.07) is 45.7. The Morgan fingerprint density at radius 3 is 0.686 bits per heavy atom. The van der Waals surface area contributed by atoms with E-state index in [0.717, 1.165) is 0 Å². The van der Waals surface area contributed by atoms with Gasteiger partial charge in [0.05, 0.1) is 80.5 Å². The molecule has 4 unspecified atom stereocenters. The van der Waals surface area contributed by atoms with Gasteiger partial charge >= 0.3 is 47.8 Å². The summed E-state index contributed by atoms with van der Waals surface area (Å²) in [6.07, 6.45) is -3.06. The van der Waals surface area contributed by atoms with E-state index >= 15 is 0 Å². The van der Waals surface area contributed by atoms with Crippen LogP contribution in [0.15, 0.2) is 194 Å². The normalized spacial score (nSPS) is 12.9. The van der Waals surface area contributed by atoms with Crippen molar-refractivity contribution in [2.45, 2.75) is 75.5 Å². The van der Waals surface area contributed by atoms with Crippen LogP contribution in [-0.2, 0) is 83.0 Å². The van der Waals surface area contributed by atoms with Crippen molar-refractivity contribution in [3.63, 3.8) is 0 Å². The van der Waals surface area contributed by atoms with Crippen LogP contribution in [0.2, 0.25) is 0 Å². The molecule has 0 aliphatic carbocycles. The number of carbonyl (C=O) groups excluding carboxylic acids is 4. The highest BCUT2D eigenvalue weighted by atomic mass is 16.5. The first-order chi connectivity index (χ1) is 58.2. The van der Waals surface area contributed by atoms with Gasteiger partial charge < -0.3 is 101 Å². The first kappa shape index (κ1) is 85.8. The number of H-pyrrole nitrogens is 4. The number of carboxylic acid groups (broad SMARTS) is 8. The number of benzene rings is 8. The largest absolute Gasteiger partial charge is 0.480 e. The van der Waals surface area contributed by atoms with E-state index in [4.69, 9.17) is 18.9 Å². The Balaban J connectivity index is 0.789. The molecule has 0 aliphatic heterocycles. The molecule has 4 heterocycles. The summed E-state index contributed by atoms with van der Waals surface area (Å²) < 4.78 is 25.0. The zero-order valence-electron chi connectivity index (χ0n) is 64.7. The van der Waals surface area contributed by atoms with Gasteiger partial charge in [0.25, 0.3) is 0 Å². The second-order valence-corrected chi connectivity index (χ2v) is 29.0. The van der Waals surface area contributed by atoms with E-state index in [1.54, 1.807) is 121 Å². The van der Waals surface area contributed by atoms with Crippen molar-refractivity contribution < 1.29 is 117 Å². The van der Waals surface area contributed by atoms with Crippen LogP contribution in [-0.4, -0.2) is 209 Å². The maximum absolute atomic E-state index is 14.0. The van der Waals surface area contributed by atoms with Crippen LogP contribution >= 0.6 is 0 Å². The molecule has 0 aliphatic rings. The molecular weight excluding hydrogens is 1570 g/mol. The summed E-state index contributed by atoms with van der Waals surface area (Å²) in [5, 5.41) is 94.6. The van der Waals surface area contributed by atoms with Gasteiger partial charge in [-0.2, -0.15) is 0 Å². The Hall–Kier alpha value is -14.6. The second-order valence-electron chi connectivity index (χ2n) is 29.0. The van der Waals surface area contributed by atoms with Gasteiger partial charge in [-0.1, -0.05) is 121 Å². The lowest BCUT2D eigenvalue weighted by Crippen LogP contribution is -2.45. The summed E-state index contributed by atoms with van der Waals surface area (Å²) in [4.78, 5) is 170. The molecule has 4 amide bonds. The van der Waals surface area contributed by atoms with Crippen molar-refractivity contribution in [3.8, 4) is 45.0 Å². The quantitative estimate of drug-likeness (QED) is 0.0158. The zero-order valence-corrected chi connectivity index (χ0v) is 64.7. The van der Waals surface area contributed by atoms with Gasteiger partial charge in [-0.15, -0.1) is 0 Å². The second kappa shape index (κ2) is 39.1. The molecule has 0 saturated heterocycles. The van der Waals surface area contributed by atoms with Crippen LogP contribution in [0, 0.1) is 5.41 Å². The standard InChI is InChI=1S/C89H84N8O24/c98-73(90-69(85(110)111)41-61-57-21-1-5-25-65(57)94-77(61)49-13-9-17-53(37-49)81(102)103)29-33-118-45-89(46-119-34-30-74(99)91-70(86(112)113)42-62-58-22-2-6-26-66(58)95-78(62)50-14-10-18-54(38-50)82(104)105,47-120-35-31-75(100)92-71(87(114)115)43-63-59-23-3-7-27-67(59)96-79(63)51-15-11-19-55(39-51)83(106)107)48-121-36-32-76(101)93-72(88(116)117)44-64-60-24-4-8-28-68(60)97-80(64)52-16-12-20-56(40-52)84(108)109/h1-28,37-40,69-72,94-97H,29-36,41-48H2,(H,90,98)(H,91,99)(H,92,100)(H,93,101)(H,102,103)(H,104,105)(H,106,107)(H,108,109)(H,110,111)(H,112,113)(H,114,115)(H,116,117). The molecule has 12 aromatic rings. The van der Waals surface area contributed by atoms with Crippen molar-refractivity contribution in [1.29, 1.82) is 0 Å². The van der Waals surface area contributed by atoms with Crippen LogP contribution in [0.3, 0.4) is 0 Å². The highest BCUT2D eigenvalue weighted by molar-refractivity contribution is 6.00. The van der Waals surface area contributed by atoms with Crippen molar-refractivity contribution in [3.05, 3.63) is 239 Å². The number of aromatic carboxylic acids is 4. The molecule has 8 aromatic carbocycles. The predicted octanol–water partition coefficient (Wildman–Crippen LogP) is 10.2. The summed E-state index contributed by atoms with van der Waals surface area (Å²) in [5.41, 5.74) is 5.85. The number of nitrogens with one attached hydrogen (secondary N) is 8. The topological polar surface area (TPSA) is 515 Å². The fourth-order valence-corrected chi connectivity index (χ4v) is 14.6. The monoisotopic (exact) mass is 1650 g/mol. The van der Waals surface area contributed by atoms with Gasteiger partial charge in [0.15, 0.2) is 0 Å². The van der Waals surface area contributed by atoms with Crippen LogP contribution in [0.5, 0.6) is 0 Å². The number of rotatable bonds is 44. The first-order valence-corrected chi connectivity index (χ1v) is 38.3. The van der Waals surface area contributed by atoms with Crippen molar-refractivity contribution in [2.24, 2.45) is 5.41 Å². The lowest BCUT2D eigenvalue weighted by atomic mass is 9.92. The van der Waals surface area contributed by atoms with Gasteiger partial charge in [-0.25, -0.2) is 38.4 Å². The minimum Gasteiger partial charge on any atom is -0.480 e. The Labute approximate surface area is 687 Å². The number of aliphatic carboxylic acids is 4. The van der Waals surface area contributed by atoms with Gasteiger partial charge in [-0.3, -0.25) is 19.2 Å². The van der Waals surface area contributed by atoms with Crippen LogP contribution in [0.4, 0.5) is 0 Å². The molecule has 4 atom stereocenters. The number of fused-ring (bicyclic) bond motifs is 4. The summed E-state index contributed by atoms with van der Waals surface area (Å²) >= 11 is 0. The molecule has 0 fully saturated rings. The minimum absolute atomic E-state index is 0.0339. The van der Waals surface area contributed by atoms with Crippen molar-refractivity contribution >= 4 is 115 Å². The minimum atomic E-state index is -1.60. The van der Waals surface area contributed by atoms with E-state index in [1.165, 1.54) is 72.8 Å². The number of aromatic nitrogens is 4. The molecule has 16 N–H and O–H groups in total. The van der Waals surface area contributed by atoms with E-state index in [0.29, 0.717) is 111 Å². The first-order valence-electron chi connectivity index (χ1n) is 38.3. The number of hydrogen-bond donors (Lipinski definition) is 16. The average molecular weight is 1650 g/mol. The third-order valence-electron chi connectivity index (χ3n) is 20.5. The molecule has 0 bridgehead atoms. The summed E-state index contributed by atoms with van der Waals surface area (Å²) in [6.45, 7) is -3.65. The maximum Gasteiger partial charge on any atom is 0.335 e. The van der Waals surface area contributed by atoms with E-state index in [9.17, 15) is 98.4 Å². The molecule has 0 saturated carbocycles. The van der Waals surface area contributed by atoms with Crippen LogP contribution in [0.1, 0.15) is 89.4 Å². The number of hydrogen-bond acceptors (Lipinski definition) is 16. The highest BCUT2D eigenvalue weighted by Gasteiger charge is 2.36. The molecule has 32 heteroatoms. The number of aromatic amines is 4. The number of ether oxygens (including phenoxy) is 4. The molecule has 624 valence electrons. The van der Waals surface area contributed by atoms with Crippen LogP contribution < -0.4 is 21.3 Å². The zero-order chi connectivity index (χ0) is 86.0. The molecule has 121 heavy (non-hydrogen) atoms. The Morgan fingerprint density at radius 1 is 0.281 bits per heavy atom. The van der Waals surface area contributed by atoms with Gasteiger partial charge in [-0.05, 0) is 117 Å². The van der Waals surface area contributed by atoms with Gasteiger partial charge in [0.2, 0.25) is 23.6 Å². The summed E-state index contributed by atoms with van der Waals surface area (Å²) in [7, 11) is 0. The maximum atomic E-state index is 14.0. The predicted molar refractivity (Wildman–Crippen MR) is 440 cm³/mol. The molecule has 0 spiro atoms. The van der Waals surface area contributed by atoms with E-state index in [-0.39, 0.29) is 47.9 Å². The van der Waals surface area contributed by atoms with Gasteiger partial charge in [0, 0.05) is 118 Å². The third kappa shape index (κ3) is 21.4. The number of amides is 4. The van der Waals surface area contributed by atoms with E-state index in [2.05, 4.69) is 41.2 Å². The molecule has 12 rings (SSSR count). The lowest BCUT2D eigenvalue weighted by Gasteiger charge is -2.33. The van der Waals surface area contributed by atoms with Gasteiger partial charge in [0.1, 0.15) is 24.2 Å². The number of para-hydroxylation sites is 4. The molecule has 4 aromatic heterocycles. The molecule has 32 nitrogen and oxygen atoms in total. The number of carbonyl (C=O) groups is 12. The molecule has 0 radical (unpaired) electrons. The Bertz CT molecular complexity index is 5220. The summed E-state index contributed by atoms with van der Waals surface area (Å²) in [5.74, 6) is -13.7. The average Bonchev–Trinajstić information content (AvgIpc) is 1.65. The van der Waals surface area contributed by atoms with E-state index in [1.807, 2.05) is 0 Å². The van der Waals surface area contributed by atoms with Crippen molar-refractivity contribution in [1.82, 2.24) is 41.2 Å². The molecular formula is C89H84N8O24. The third-order valence-corrected chi connectivity index (χ3v) is 20.5. The fraction of sp³-hybridized carbons (Fsp3) is 0.236. The Kier molecular flexibility index (Phi) is 27.7. The van der Waals surface area contributed by atoms with Crippen molar-refractivity contribution in [2.75, 3.05) is 52.9 Å².